The number of aromatic amines is 1. The van der Waals surface area contributed by atoms with Gasteiger partial charge in [0.15, 0.2) is 0 Å². The molecular formula is C27H29ClN6O2. The summed E-state index contributed by atoms with van der Waals surface area (Å²) in [5, 5.41) is 1.80. The summed E-state index contributed by atoms with van der Waals surface area (Å²) >= 11 is 6.49. The molecule has 0 bridgehead atoms. The summed E-state index contributed by atoms with van der Waals surface area (Å²) < 4.78 is 5.68. The summed E-state index contributed by atoms with van der Waals surface area (Å²) in [4.78, 5) is 27.6. The molecule has 1 saturated heterocycles. The van der Waals surface area contributed by atoms with Crippen molar-refractivity contribution in [1.82, 2.24) is 19.9 Å². The Balaban J connectivity index is 1.13. The van der Waals surface area contributed by atoms with Crippen LogP contribution in [-0.4, -0.2) is 58.5 Å². The second-order valence-electron chi connectivity index (χ2n) is 9.10. The van der Waals surface area contributed by atoms with E-state index in [1.165, 1.54) is 34.3 Å². The molecule has 0 saturated carbocycles. The number of piperazine rings is 1. The Morgan fingerprint density at radius 3 is 2.75 bits per heavy atom. The van der Waals surface area contributed by atoms with E-state index in [0.717, 1.165) is 51.3 Å². The van der Waals surface area contributed by atoms with Gasteiger partial charge in [0, 0.05) is 55.2 Å². The lowest BCUT2D eigenvalue weighted by Crippen LogP contribution is -2.46. The van der Waals surface area contributed by atoms with E-state index >= 15 is 0 Å². The zero-order valence-electron chi connectivity index (χ0n) is 20.2. The molecule has 3 N–H and O–H groups in total. The normalized spacial score (nSPS) is 14.3. The number of carbonyl (C=O) groups excluding carboxylic acids is 1. The minimum absolute atomic E-state index is 0.0253. The van der Waals surface area contributed by atoms with Crippen LogP contribution in [-0.2, 0) is 6.42 Å². The number of halogens is 1. The van der Waals surface area contributed by atoms with E-state index in [1.807, 2.05) is 12.1 Å². The van der Waals surface area contributed by atoms with Crippen LogP contribution in [0.25, 0.3) is 10.9 Å². The Hall–Kier alpha value is -3.62. The SMILES string of the molecule is Cc1ccc2[nH]cc(CCCN3CCN(c4ccc(Oc5nccc(C(N)=O)n5)c(Cl)c4)CC3)c2c1. The number of aryl methyl sites for hydroxylation is 2. The molecule has 1 amide bonds. The van der Waals surface area contributed by atoms with Gasteiger partial charge < -0.3 is 20.4 Å². The summed E-state index contributed by atoms with van der Waals surface area (Å²) in [5.74, 6) is -0.218. The number of nitrogens with two attached hydrogens (primary N) is 1. The minimum atomic E-state index is -0.643. The molecule has 0 atom stereocenters. The lowest BCUT2D eigenvalue weighted by atomic mass is 10.1. The Bertz CT molecular complexity index is 1380. The first kappa shape index (κ1) is 24.1. The Kier molecular flexibility index (Phi) is 7.06. The fourth-order valence-electron chi connectivity index (χ4n) is 4.62. The third-order valence-electron chi connectivity index (χ3n) is 6.58. The van der Waals surface area contributed by atoms with E-state index in [-0.39, 0.29) is 11.7 Å². The standard InChI is InChI=1S/C27H29ClN6O2/c1-18-4-6-23-21(15-18)19(17-31-23)3-2-10-33-11-13-34(14-12-33)20-5-7-25(22(28)16-20)36-27-30-9-8-24(32-27)26(29)35/h4-9,15-17,31H,2-3,10-14H2,1H3,(H2,29,35). The van der Waals surface area contributed by atoms with Gasteiger partial charge in [0.2, 0.25) is 0 Å². The highest BCUT2D eigenvalue weighted by Crippen LogP contribution is 2.32. The first-order chi connectivity index (χ1) is 17.5. The molecule has 1 aliphatic rings. The number of rotatable bonds is 8. The number of anilines is 1. The van der Waals surface area contributed by atoms with Crippen LogP contribution in [0.15, 0.2) is 54.9 Å². The number of hydrogen-bond donors (Lipinski definition) is 2. The number of ether oxygens (including phenoxy) is 1. The van der Waals surface area contributed by atoms with Crippen LogP contribution < -0.4 is 15.4 Å². The summed E-state index contributed by atoms with van der Waals surface area (Å²) in [5.41, 5.74) is 10.3. The van der Waals surface area contributed by atoms with E-state index in [0.29, 0.717) is 10.8 Å². The van der Waals surface area contributed by atoms with Crippen molar-refractivity contribution in [3.05, 3.63) is 76.7 Å². The average Bonchev–Trinajstić information content (AvgIpc) is 3.28. The Labute approximate surface area is 215 Å². The number of primary amides is 1. The van der Waals surface area contributed by atoms with Crippen LogP contribution in [0.4, 0.5) is 5.69 Å². The van der Waals surface area contributed by atoms with Crippen LogP contribution >= 0.6 is 11.6 Å². The first-order valence-electron chi connectivity index (χ1n) is 12.1. The van der Waals surface area contributed by atoms with Crippen molar-refractivity contribution >= 4 is 34.1 Å². The highest BCUT2D eigenvalue weighted by molar-refractivity contribution is 6.32. The van der Waals surface area contributed by atoms with Crippen molar-refractivity contribution in [2.24, 2.45) is 5.73 Å². The van der Waals surface area contributed by atoms with Crippen molar-refractivity contribution in [3.63, 3.8) is 0 Å². The molecule has 8 nitrogen and oxygen atoms in total. The number of benzene rings is 2. The molecule has 0 radical (unpaired) electrons. The van der Waals surface area contributed by atoms with Crippen LogP contribution in [0.2, 0.25) is 5.02 Å². The van der Waals surface area contributed by atoms with Gasteiger partial charge in [-0.25, -0.2) is 4.98 Å². The largest absolute Gasteiger partial charge is 0.423 e. The highest BCUT2D eigenvalue weighted by atomic mass is 35.5. The zero-order valence-corrected chi connectivity index (χ0v) is 21.0. The summed E-state index contributed by atoms with van der Waals surface area (Å²) in [6.45, 7) is 7.12. The van der Waals surface area contributed by atoms with Gasteiger partial charge in [0.25, 0.3) is 5.91 Å². The third kappa shape index (κ3) is 5.45. The topological polar surface area (TPSA) is 100 Å². The third-order valence-corrected chi connectivity index (χ3v) is 6.88. The van der Waals surface area contributed by atoms with Gasteiger partial charge in [-0.1, -0.05) is 23.2 Å². The van der Waals surface area contributed by atoms with Crippen molar-refractivity contribution in [1.29, 1.82) is 0 Å². The second-order valence-corrected chi connectivity index (χ2v) is 9.51. The van der Waals surface area contributed by atoms with Crippen LogP contribution in [0.1, 0.15) is 28.0 Å². The molecular weight excluding hydrogens is 476 g/mol. The number of nitrogens with one attached hydrogen (secondary N) is 1. The number of H-pyrrole nitrogens is 1. The van der Waals surface area contributed by atoms with Crippen LogP contribution in [0.3, 0.4) is 0 Å². The quantitative estimate of drug-likeness (QED) is 0.364. The van der Waals surface area contributed by atoms with Crippen molar-refractivity contribution in [2.45, 2.75) is 19.8 Å². The van der Waals surface area contributed by atoms with Gasteiger partial charge >= 0.3 is 6.01 Å². The summed E-state index contributed by atoms with van der Waals surface area (Å²) in [7, 11) is 0. The second kappa shape index (κ2) is 10.6. The number of amides is 1. The minimum Gasteiger partial charge on any atom is -0.423 e. The maximum Gasteiger partial charge on any atom is 0.322 e. The number of aromatic nitrogens is 3. The smallest absolute Gasteiger partial charge is 0.322 e. The summed E-state index contributed by atoms with van der Waals surface area (Å²) in [6.07, 6.45) is 5.79. The van der Waals surface area contributed by atoms with E-state index < -0.39 is 5.91 Å². The number of nitrogens with zero attached hydrogens (tertiary/aromatic N) is 4. The van der Waals surface area contributed by atoms with Gasteiger partial charge in [-0.15, -0.1) is 0 Å². The van der Waals surface area contributed by atoms with Gasteiger partial charge in [0.1, 0.15) is 11.4 Å². The van der Waals surface area contributed by atoms with E-state index in [1.54, 1.807) is 6.07 Å². The molecule has 9 heteroatoms. The molecule has 2 aromatic carbocycles. The molecule has 2 aromatic heterocycles. The highest BCUT2D eigenvalue weighted by Gasteiger charge is 2.18. The lowest BCUT2D eigenvalue weighted by Gasteiger charge is -2.36. The molecule has 4 aromatic rings. The maximum atomic E-state index is 11.3. The maximum absolute atomic E-state index is 11.3. The average molecular weight is 505 g/mol. The number of carbonyl (C=O) groups is 1. The fourth-order valence-corrected chi connectivity index (χ4v) is 4.83. The van der Waals surface area contributed by atoms with Gasteiger partial charge in [-0.3, -0.25) is 9.69 Å². The molecule has 3 heterocycles. The van der Waals surface area contributed by atoms with Gasteiger partial charge in [-0.2, -0.15) is 4.98 Å². The molecule has 1 fully saturated rings. The fraction of sp³-hybridized carbons (Fsp3) is 0.296. The predicted octanol–water partition coefficient (Wildman–Crippen LogP) is 4.57. The van der Waals surface area contributed by atoms with E-state index in [2.05, 4.69) is 56.1 Å². The molecule has 0 unspecified atom stereocenters. The molecule has 0 aliphatic carbocycles. The molecule has 5 rings (SSSR count). The molecule has 36 heavy (non-hydrogen) atoms. The molecule has 1 aliphatic heterocycles. The van der Waals surface area contributed by atoms with E-state index in [4.69, 9.17) is 22.1 Å². The zero-order chi connectivity index (χ0) is 25.1. The lowest BCUT2D eigenvalue weighted by molar-refractivity contribution is 0.0994. The van der Waals surface area contributed by atoms with E-state index in [9.17, 15) is 4.79 Å². The first-order valence-corrected chi connectivity index (χ1v) is 12.5. The molecule has 186 valence electrons. The van der Waals surface area contributed by atoms with Gasteiger partial charge in [-0.05, 0) is 68.3 Å². The van der Waals surface area contributed by atoms with Crippen LogP contribution in [0.5, 0.6) is 11.8 Å². The molecule has 0 spiro atoms. The number of fused-ring (bicyclic) bond motifs is 1. The number of hydrogen-bond acceptors (Lipinski definition) is 6. The van der Waals surface area contributed by atoms with Crippen molar-refractivity contribution in [3.8, 4) is 11.8 Å². The Morgan fingerprint density at radius 1 is 1.14 bits per heavy atom. The monoisotopic (exact) mass is 504 g/mol. The predicted molar refractivity (Wildman–Crippen MR) is 142 cm³/mol. The van der Waals surface area contributed by atoms with Crippen molar-refractivity contribution < 1.29 is 9.53 Å². The van der Waals surface area contributed by atoms with Crippen molar-refractivity contribution in [2.75, 3.05) is 37.6 Å². The van der Waals surface area contributed by atoms with Crippen LogP contribution in [0, 0.1) is 6.92 Å². The summed E-state index contributed by atoms with van der Waals surface area (Å²) in [6, 6.07) is 13.7. The van der Waals surface area contributed by atoms with Gasteiger partial charge in [0.05, 0.1) is 5.02 Å². The Morgan fingerprint density at radius 2 is 1.97 bits per heavy atom.